The first-order chi connectivity index (χ1) is 14.1. The Morgan fingerprint density at radius 2 is 1.83 bits per heavy atom. The molecule has 1 heterocycles. The zero-order valence-electron chi connectivity index (χ0n) is 15.3. The number of ether oxygens (including phenoxy) is 1. The van der Waals surface area contributed by atoms with Crippen molar-refractivity contribution in [3.8, 4) is 5.75 Å². The van der Waals surface area contributed by atoms with Crippen LogP contribution in [0.3, 0.4) is 0 Å². The number of carbonyl (C=O) groups excluding carboxylic acids is 1. The largest absolute Gasteiger partial charge is 0.484 e. The van der Waals surface area contributed by atoms with Gasteiger partial charge in [-0.05, 0) is 59.3 Å². The van der Waals surface area contributed by atoms with Crippen molar-refractivity contribution < 1.29 is 18.3 Å². The number of carbonyl (C=O) groups is 1. The molecule has 0 fully saturated rings. The van der Waals surface area contributed by atoms with Crippen LogP contribution in [0.4, 0.5) is 4.39 Å². The lowest BCUT2D eigenvalue weighted by Crippen LogP contribution is -1.94. The summed E-state index contributed by atoms with van der Waals surface area (Å²) < 4.78 is 24.3. The highest BCUT2D eigenvalue weighted by Crippen LogP contribution is 2.26. The molecule has 0 atom stereocenters. The van der Waals surface area contributed by atoms with E-state index in [1.807, 2.05) is 42.5 Å². The van der Waals surface area contributed by atoms with E-state index in [0.29, 0.717) is 22.8 Å². The second-order valence-corrected chi connectivity index (χ2v) is 6.83. The Labute approximate surface area is 172 Å². The number of hydrogen-bond acceptors (Lipinski definition) is 3. The Bertz CT molecular complexity index is 1210. The quantitative estimate of drug-likeness (QED) is 0.264. The number of allylic oxidation sites excluding steroid dienone is 1. The van der Waals surface area contributed by atoms with E-state index in [9.17, 15) is 9.18 Å². The van der Waals surface area contributed by atoms with Gasteiger partial charge in [0.25, 0.3) is 0 Å². The summed E-state index contributed by atoms with van der Waals surface area (Å²) in [7, 11) is 0. The van der Waals surface area contributed by atoms with E-state index in [2.05, 4.69) is 0 Å². The number of ketones is 1. The van der Waals surface area contributed by atoms with E-state index in [0.717, 1.165) is 10.8 Å². The van der Waals surface area contributed by atoms with E-state index in [-0.39, 0.29) is 17.4 Å². The minimum Gasteiger partial charge on any atom is -0.484 e. The van der Waals surface area contributed by atoms with Crippen molar-refractivity contribution in [1.29, 1.82) is 0 Å². The van der Waals surface area contributed by atoms with Gasteiger partial charge in [-0.1, -0.05) is 48.0 Å². The van der Waals surface area contributed by atoms with Crippen molar-refractivity contribution in [2.45, 2.75) is 6.61 Å². The molecular weight excluding hydrogens is 391 g/mol. The fraction of sp³-hybridized carbons (Fsp3) is 0.0417. The molecule has 3 aromatic carbocycles. The van der Waals surface area contributed by atoms with Gasteiger partial charge in [0.15, 0.2) is 5.78 Å². The third kappa shape index (κ3) is 4.55. The maximum absolute atomic E-state index is 13.1. The minimum atomic E-state index is -0.427. The summed E-state index contributed by atoms with van der Waals surface area (Å²) in [5.41, 5.74) is 0.612. The summed E-state index contributed by atoms with van der Waals surface area (Å²) in [6.45, 7) is 0.137. The predicted molar refractivity (Wildman–Crippen MR) is 112 cm³/mol. The highest BCUT2D eigenvalue weighted by Gasteiger charge is 2.07. The number of rotatable bonds is 6. The van der Waals surface area contributed by atoms with Crippen molar-refractivity contribution >= 4 is 34.2 Å². The third-order valence-electron chi connectivity index (χ3n) is 4.38. The van der Waals surface area contributed by atoms with Crippen LogP contribution < -0.4 is 4.74 Å². The predicted octanol–water partition coefficient (Wildman–Crippen LogP) is 6.70. The molecule has 5 heteroatoms. The maximum Gasteiger partial charge on any atom is 0.185 e. The number of furan rings is 1. The van der Waals surface area contributed by atoms with Crippen LogP contribution in [0.5, 0.6) is 5.75 Å². The molecule has 4 aromatic rings. The van der Waals surface area contributed by atoms with Gasteiger partial charge in [0.1, 0.15) is 29.7 Å². The van der Waals surface area contributed by atoms with Crippen molar-refractivity contribution in [2.75, 3.05) is 0 Å². The Balaban J connectivity index is 1.41. The molecule has 0 radical (unpaired) electrons. The Kier molecular flexibility index (Phi) is 5.45. The first-order valence-corrected chi connectivity index (χ1v) is 9.34. The van der Waals surface area contributed by atoms with Crippen LogP contribution in [-0.2, 0) is 6.61 Å². The monoisotopic (exact) mass is 406 g/mol. The van der Waals surface area contributed by atoms with Crippen LogP contribution in [0.1, 0.15) is 21.9 Å². The second kappa shape index (κ2) is 8.33. The molecule has 0 spiro atoms. The fourth-order valence-electron chi connectivity index (χ4n) is 2.90. The summed E-state index contributed by atoms with van der Waals surface area (Å²) in [5, 5.41) is 2.30. The summed E-state index contributed by atoms with van der Waals surface area (Å²) >= 11 is 5.94. The Morgan fingerprint density at radius 1 is 1.00 bits per heavy atom. The Hall–Kier alpha value is -3.37. The lowest BCUT2D eigenvalue weighted by Gasteiger charge is -2.06. The van der Waals surface area contributed by atoms with Crippen LogP contribution in [0.2, 0.25) is 5.02 Å². The fourth-order valence-corrected chi connectivity index (χ4v) is 3.12. The second-order valence-electron chi connectivity index (χ2n) is 6.43. The molecule has 144 valence electrons. The SMILES string of the molecule is O=C(/C=C/c1ccc(COc2ccc(F)cc2Cl)o1)c1ccc2ccccc2c1. The first-order valence-electron chi connectivity index (χ1n) is 8.96. The summed E-state index contributed by atoms with van der Waals surface area (Å²) in [6.07, 6.45) is 3.09. The summed E-state index contributed by atoms with van der Waals surface area (Å²) in [6, 6.07) is 20.9. The molecule has 0 aliphatic rings. The lowest BCUT2D eigenvalue weighted by atomic mass is 10.0. The van der Waals surface area contributed by atoms with Gasteiger partial charge in [-0.25, -0.2) is 4.39 Å². The molecule has 0 aliphatic carbocycles. The van der Waals surface area contributed by atoms with Crippen molar-refractivity contribution in [2.24, 2.45) is 0 Å². The van der Waals surface area contributed by atoms with E-state index in [4.69, 9.17) is 20.8 Å². The molecule has 0 bridgehead atoms. The van der Waals surface area contributed by atoms with Gasteiger partial charge in [-0.15, -0.1) is 0 Å². The molecule has 1 aromatic heterocycles. The van der Waals surface area contributed by atoms with Crippen LogP contribution in [-0.4, -0.2) is 5.78 Å². The van der Waals surface area contributed by atoms with Gasteiger partial charge < -0.3 is 9.15 Å². The standard InChI is InChI=1S/C24H16ClFO3/c25-22-14-19(26)7-12-24(22)28-15-21-9-8-20(29-21)10-11-23(27)18-6-5-16-3-1-2-4-17(16)13-18/h1-14H,15H2/b11-10+. The first kappa shape index (κ1) is 19.0. The van der Waals surface area contributed by atoms with Gasteiger partial charge in [-0.3, -0.25) is 4.79 Å². The average molecular weight is 407 g/mol. The van der Waals surface area contributed by atoms with E-state index in [1.54, 1.807) is 18.2 Å². The normalized spacial score (nSPS) is 11.2. The average Bonchev–Trinajstić information content (AvgIpc) is 3.19. The van der Waals surface area contributed by atoms with Gasteiger partial charge in [0.2, 0.25) is 0 Å². The number of fused-ring (bicyclic) bond motifs is 1. The number of benzene rings is 3. The van der Waals surface area contributed by atoms with Crippen LogP contribution >= 0.6 is 11.6 Å². The molecule has 0 aliphatic heterocycles. The van der Waals surface area contributed by atoms with Gasteiger partial charge in [-0.2, -0.15) is 0 Å². The molecule has 0 unspecified atom stereocenters. The van der Waals surface area contributed by atoms with Gasteiger partial charge in [0.05, 0.1) is 5.02 Å². The minimum absolute atomic E-state index is 0.108. The zero-order chi connectivity index (χ0) is 20.2. The smallest absolute Gasteiger partial charge is 0.185 e. The molecule has 0 amide bonds. The molecule has 0 saturated carbocycles. The number of hydrogen-bond donors (Lipinski definition) is 0. The van der Waals surface area contributed by atoms with Gasteiger partial charge >= 0.3 is 0 Å². The molecule has 4 rings (SSSR count). The van der Waals surface area contributed by atoms with Crippen LogP contribution in [0.25, 0.3) is 16.8 Å². The van der Waals surface area contributed by atoms with Crippen LogP contribution in [0.15, 0.2) is 83.3 Å². The van der Waals surface area contributed by atoms with E-state index in [1.165, 1.54) is 24.3 Å². The van der Waals surface area contributed by atoms with Crippen LogP contribution in [0, 0.1) is 5.82 Å². The lowest BCUT2D eigenvalue weighted by molar-refractivity contribution is 0.104. The molecule has 0 N–H and O–H groups in total. The molecule has 0 saturated heterocycles. The topological polar surface area (TPSA) is 39.4 Å². The van der Waals surface area contributed by atoms with Gasteiger partial charge in [0, 0.05) is 5.56 Å². The van der Waals surface area contributed by atoms with E-state index >= 15 is 0 Å². The summed E-state index contributed by atoms with van der Waals surface area (Å²) in [4.78, 5) is 12.4. The highest BCUT2D eigenvalue weighted by atomic mass is 35.5. The third-order valence-corrected chi connectivity index (χ3v) is 4.67. The highest BCUT2D eigenvalue weighted by molar-refractivity contribution is 6.32. The Morgan fingerprint density at radius 3 is 2.66 bits per heavy atom. The maximum atomic E-state index is 13.1. The molecule has 3 nitrogen and oxygen atoms in total. The zero-order valence-corrected chi connectivity index (χ0v) is 16.0. The van der Waals surface area contributed by atoms with E-state index < -0.39 is 5.82 Å². The molecular formula is C24H16ClFO3. The van der Waals surface area contributed by atoms with Crippen molar-refractivity contribution in [3.05, 3.63) is 107 Å². The molecule has 29 heavy (non-hydrogen) atoms. The van der Waals surface area contributed by atoms with Crippen molar-refractivity contribution in [1.82, 2.24) is 0 Å². The summed E-state index contributed by atoms with van der Waals surface area (Å²) in [5.74, 6) is 0.922. The number of halogens is 2. The van der Waals surface area contributed by atoms with Crippen molar-refractivity contribution in [3.63, 3.8) is 0 Å².